The van der Waals surface area contributed by atoms with Crippen LogP contribution < -0.4 is 15.2 Å². The van der Waals surface area contributed by atoms with Crippen molar-refractivity contribution in [2.24, 2.45) is 0 Å². The fourth-order valence-electron chi connectivity index (χ4n) is 2.89. The SMILES string of the molecule is COc1ccc(-c2c(N)sc3c2CCCC3)c(OC)c1. The van der Waals surface area contributed by atoms with E-state index >= 15 is 0 Å². The van der Waals surface area contributed by atoms with Gasteiger partial charge in [-0.2, -0.15) is 0 Å². The van der Waals surface area contributed by atoms with Gasteiger partial charge in [0.2, 0.25) is 0 Å². The second-order valence-electron chi connectivity index (χ2n) is 5.02. The van der Waals surface area contributed by atoms with E-state index in [1.165, 1.54) is 28.8 Å². The molecule has 2 aromatic rings. The first-order valence-electron chi connectivity index (χ1n) is 6.87. The summed E-state index contributed by atoms with van der Waals surface area (Å²) in [6, 6.07) is 5.93. The number of hydrogen-bond acceptors (Lipinski definition) is 4. The molecular weight excluding hydrogens is 270 g/mol. The first-order chi connectivity index (χ1) is 9.74. The first-order valence-corrected chi connectivity index (χ1v) is 7.68. The van der Waals surface area contributed by atoms with Crippen molar-refractivity contribution in [3.63, 3.8) is 0 Å². The van der Waals surface area contributed by atoms with Crippen LogP contribution >= 0.6 is 11.3 Å². The number of aryl methyl sites for hydroxylation is 1. The second-order valence-corrected chi connectivity index (χ2v) is 6.15. The van der Waals surface area contributed by atoms with Crippen LogP contribution in [0.15, 0.2) is 18.2 Å². The molecule has 0 spiro atoms. The van der Waals surface area contributed by atoms with E-state index < -0.39 is 0 Å². The van der Waals surface area contributed by atoms with E-state index in [1.807, 2.05) is 18.2 Å². The normalized spacial score (nSPS) is 13.9. The molecule has 1 aliphatic rings. The van der Waals surface area contributed by atoms with Gasteiger partial charge in [0, 0.05) is 22.1 Å². The average molecular weight is 289 g/mol. The third kappa shape index (κ3) is 2.14. The summed E-state index contributed by atoms with van der Waals surface area (Å²) >= 11 is 1.73. The number of hydrogen-bond donors (Lipinski definition) is 1. The van der Waals surface area contributed by atoms with Crippen LogP contribution in [-0.4, -0.2) is 14.2 Å². The van der Waals surface area contributed by atoms with Crippen molar-refractivity contribution in [1.82, 2.24) is 0 Å². The number of benzene rings is 1. The molecule has 1 aliphatic carbocycles. The van der Waals surface area contributed by atoms with Gasteiger partial charge in [0.1, 0.15) is 11.5 Å². The molecule has 0 atom stereocenters. The summed E-state index contributed by atoms with van der Waals surface area (Å²) in [7, 11) is 3.35. The molecule has 0 fully saturated rings. The quantitative estimate of drug-likeness (QED) is 0.932. The summed E-state index contributed by atoms with van der Waals surface area (Å²) < 4.78 is 10.8. The van der Waals surface area contributed by atoms with Crippen LogP contribution in [0.1, 0.15) is 23.3 Å². The van der Waals surface area contributed by atoms with Crippen LogP contribution in [0.3, 0.4) is 0 Å². The van der Waals surface area contributed by atoms with Crippen molar-refractivity contribution in [2.45, 2.75) is 25.7 Å². The zero-order valence-corrected chi connectivity index (χ0v) is 12.7. The van der Waals surface area contributed by atoms with Gasteiger partial charge in [-0.25, -0.2) is 0 Å². The van der Waals surface area contributed by atoms with Crippen molar-refractivity contribution in [1.29, 1.82) is 0 Å². The topological polar surface area (TPSA) is 44.5 Å². The molecule has 0 saturated heterocycles. The summed E-state index contributed by atoms with van der Waals surface area (Å²) in [5.74, 6) is 1.62. The standard InChI is InChI=1S/C16H19NO2S/c1-18-10-7-8-11(13(9-10)19-2)15-12-5-3-4-6-14(12)20-16(15)17/h7-9H,3-6,17H2,1-2H3. The highest BCUT2D eigenvalue weighted by molar-refractivity contribution is 7.16. The van der Waals surface area contributed by atoms with E-state index in [2.05, 4.69) is 0 Å². The van der Waals surface area contributed by atoms with Gasteiger partial charge in [-0.1, -0.05) is 0 Å². The number of nitrogens with two attached hydrogens (primary N) is 1. The molecular formula is C16H19NO2S. The molecule has 0 saturated carbocycles. The van der Waals surface area contributed by atoms with Gasteiger partial charge in [-0.15, -0.1) is 11.3 Å². The molecule has 3 nitrogen and oxygen atoms in total. The fraction of sp³-hybridized carbons (Fsp3) is 0.375. The Bertz CT molecular complexity index is 634. The maximum Gasteiger partial charge on any atom is 0.130 e. The fourth-order valence-corrected chi connectivity index (χ4v) is 4.06. The van der Waals surface area contributed by atoms with Gasteiger partial charge < -0.3 is 15.2 Å². The van der Waals surface area contributed by atoms with E-state index in [-0.39, 0.29) is 0 Å². The lowest BCUT2D eigenvalue weighted by atomic mass is 9.92. The van der Waals surface area contributed by atoms with Crippen LogP contribution in [0.2, 0.25) is 0 Å². The number of rotatable bonds is 3. The van der Waals surface area contributed by atoms with Crippen LogP contribution in [-0.2, 0) is 12.8 Å². The van der Waals surface area contributed by atoms with Crippen molar-refractivity contribution in [3.05, 3.63) is 28.6 Å². The minimum atomic E-state index is 0.799. The largest absolute Gasteiger partial charge is 0.497 e. The third-order valence-corrected chi connectivity index (χ3v) is 5.00. The molecule has 4 heteroatoms. The molecule has 3 rings (SSSR count). The molecule has 0 bridgehead atoms. The lowest BCUT2D eigenvalue weighted by Crippen LogP contribution is -2.00. The summed E-state index contributed by atoms with van der Waals surface area (Å²) in [5, 5.41) is 0.903. The van der Waals surface area contributed by atoms with Crippen molar-refractivity contribution < 1.29 is 9.47 Å². The molecule has 0 radical (unpaired) electrons. The highest BCUT2D eigenvalue weighted by Gasteiger charge is 2.22. The van der Waals surface area contributed by atoms with Crippen LogP contribution in [0.5, 0.6) is 11.5 Å². The van der Waals surface area contributed by atoms with Gasteiger partial charge >= 0.3 is 0 Å². The zero-order valence-electron chi connectivity index (χ0n) is 11.9. The number of fused-ring (bicyclic) bond motifs is 1. The van der Waals surface area contributed by atoms with E-state index in [1.54, 1.807) is 25.6 Å². The molecule has 20 heavy (non-hydrogen) atoms. The Balaban J connectivity index is 2.16. The molecule has 1 aromatic carbocycles. The highest BCUT2D eigenvalue weighted by Crippen LogP contribution is 2.46. The zero-order chi connectivity index (χ0) is 14.1. The second kappa shape index (κ2) is 5.37. The molecule has 0 unspecified atom stereocenters. The third-order valence-electron chi connectivity index (χ3n) is 3.88. The first kappa shape index (κ1) is 13.3. The maximum atomic E-state index is 6.28. The predicted molar refractivity (Wildman–Crippen MR) is 83.9 cm³/mol. The Morgan fingerprint density at radius 3 is 2.65 bits per heavy atom. The minimum absolute atomic E-state index is 0.799. The molecule has 0 amide bonds. The summed E-state index contributed by atoms with van der Waals surface area (Å²) in [4.78, 5) is 1.45. The summed E-state index contributed by atoms with van der Waals surface area (Å²) in [6.07, 6.45) is 4.79. The predicted octanol–water partition coefficient (Wildman–Crippen LogP) is 3.89. The molecule has 2 N–H and O–H groups in total. The molecule has 1 aromatic heterocycles. The minimum Gasteiger partial charge on any atom is -0.497 e. The lowest BCUT2D eigenvalue weighted by molar-refractivity contribution is 0.395. The lowest BCUT2D eigenvalue weighted by Gasteiger charge is -2.15. The van der Waals surface area contributed by atoms with Gasteiger partial charge in [0.05, 0.1) is 19.2 Å². The Hall–Kier alpha value is -1.68. The van der Waals surface area contributed by atoms with Crippen molar-refractivity contribution in [2.75, 3.05) is 20.0 Å². The molecule has 1 heterocycles. The van der Waals surface area contributed by atoms with Gasteiger partial charge in [-0.05, 0) is 43.4 Å². The van der Waals surface area contributed by atoms with E-state index in [0.717, 1.165) is 34.9 Å². The summed E-state index contributed by atoms with van der Waals surface area (Å²) in [6.45, 7) is 0. The van der Waals surface area contributed by atoms with E-state index in [4.69, 9.17) is 15.2 Å². The van der Waals surface area contributed by atoms with E-state index in [9.17, 15) is 0 Å². The van der Waals surface area contributed by atoms with Gasteiger partial charge in [0.15, 0.2) is 0 Å². The number of thiophene rings is 1. The number of ether oxygens (including phenoxy) is 2. The molecule has 0 aliphatic heterocycles. The van der Waals surface area contributed by atoms with Crippen LogP contribution in [0.4, 0.5) is 5.00 Å². The Morgan fingerprint density at radius 2 is 1.90 bits per heavy atom. The van der Waals surface area contributed by atoms with Crippen molar-refractivity contribution >= 4 is 16.3 Å². The van der Waals surface area contributed by atoms with Crippen LogP contribution in [0, 0.1) is 0 Å². The monoisotopic (exact) mass is 289 g/mol. The molecule has 106 valence electrons. The Morgan fingerprint density at radius 1 is 1.10 bits per heavy atom. The highest BCUT2D eigenvalue weighted by atomic mass is 32.1. The van der Waals surface area contributed by atoms with Gasteiger partial charge in [-0.3, -0.25) is 0 Å². The number of anilines is 1. The Kier molecular flexibility index (Phi) is 3.57. The average Bonchev–Trinajstić information content (AvgIpc) is 2.82. The number of nitrogen functional groups attached to an aromatic ring is 1. The van der Waals surface area contributed by atoms with Crippen molar-refractivity contribution in [3.8, 4) is 22.6 Å². The van der Waals surface area contributed by atoms with E-state index in [0.29, 0.717) is 0 Å². The smallest absolute Gasteiger partial charge is 0.130 e. The Labute approximate surface area is 123 Å². The maximum absolute atomic E-state index is 6.28. The van der Waals surface area contributed by atoms with Crippen LogP contribution in [0.25, 0.3) is 11.1 Å². The number of methoxy groups -OCH3 is 2. The van der Waals surface area contributed by atoms with Gasteiger partial charge in [0.25, 0.3) is 0 Å². The summed E-state index contributed by atoms with van der Waals surface area (Å²) in [5.41, 5.74) is 9.94.